The molecular formula is C7H15F. The Labute approximate surface area is 51.1 Å². The van der Waals surface area contributed by atoms with Crippen molar-refractivity contribution in [1.29, 1.82) is 0 Å². The summed E-state index contributed by atoms with van der Waals surface area (Å²) in [5, 5.41) is 0. The summed E-state index contributed by atoms with van der Waals surface area (Å²) >= 11 is 0. The van der Waals surface area contributed by atoms with Gasteiger partial charge >= 0.3 is 0 Å². The third-order valence-electron chi connectivity index (χ3n) is 1.32. The molecule has 1 aliphatic carbocycles. The molecule has 1 aliphatic rings. The molecule has 0 unspecified atom stereocenters. The first-order chi connectivity index (χ1) is 3.79. The van der Waals surface area contributed by atoms with Gasteiger partial charge in [0, 0.05) is 0 Å². The minimum atomic E-state index is -0.458. The Morgan fingerprint density at radius 3 is 1.62 bits per heavy atom. The van der Waals surface area contributed by atoms with Crippen LogP contribution in [0.25, 0.3) is 0 Å². The van der Waals surface area contributed by atoms with Crippen LogP contribution < -0.4 is 0 Å². The predicted octanol–water partition coefficient (Wildman–Crippen LogP) is 2.78. The smallest absolute Gasteiger partial charge is 0.101 e. The van der Waals surface area contributed by atoms with Gasteiger partial charge in [-0.3, -0.25) is 0 Å². The third-order valence-corrected chi connectivity index (χ3v) is 1.32. The molecule has 1 rings (SSSR count). The van der Waals surface area contributed by atoms with Crippen molar-refractivity contribution in [1.82, 2.24) is 0 Å². The molecule has 0 aliphatic heterocycles. The molecule has 0 bridgehead atoms. The second-order valence-electron chi connectivity index (χ2n) is 2.17. The Kier molecular flexibility index (Phi) is 3.84. The highest BCUT2D eigenvalue weighted by Crippen LogP contribution is 2.28. The maximum absolute atomic E-state index is 11.8. The zero-order chi connectivity index (χ0) is 6.57. The van der Waals surface area contributed by atoms with Crippen LogP contribution >= 0.6 is 0 Å². The molecule has 0 heterocycles. The second-order valence-corrected chi connectivity index (χ2v) is 2.17. The maximum Gasteiger partial charge on any atom is 0.101 e. The molecule has 50 valence electrons. The summed E-state index contributed by atoms with van der Waals surface area (Å²) < 4.78 is 11.8. The summed E-state index contributed by atoms with van der Waals surface area (Å²) in [5.74, 6) is 0.667. The van der Waals surface area contributed by atoms with Gasteiger partial charge in [0.25, 0.3) is 0 Å². The van der Waals surface area contributed by atoms with E-state index in [-0.39, 0.29) is 0 Å². The highest BCUT2D eigenvalue weighted by atomic mass is 19.1. The number of alkyl halides is 1. The van der Waals surface area contributed by atoms with Crippen molar-refractivity contribution >= 4 is 0 Å². The fourth-order valence-electron chi connectivity index (χ4n) is 0.804. The van der Waals surface area contributed by atoms with Gasteiger partial charge in [0.2, 0.25) is 0 Å². The minimum Gasteiger partial charge on any atom is -0.247 e. The zero-order valence-electron chi connectivity index (χ0n) is 5.95. The Hall–Kier alpha value is -0.0700. The van der Waals surface area contributed by atoms with Crippen molar-refractivity contribution in [2.75, 3.05) is 0 Å². The van der Waals surface area contributed by atoms with Crippen molar-refractivity contribution in [3.8, 4) is 0 Å². The lowest BCUT2D eigenvalue weighted by atomic mass is 9.85. The SMILES string of the molecule is CC.CC1CC(F)C1. The molecular weight excluding hydrogens is 103 g/mol. The fourth-order valence-corrected chi connectivity index (χ4v) is 0.804. The van der Waals surface area contributed by atoms with E-state index in [0.717, 1.165) is 12.8 Å². The second kappa shape index (κ2) is 3.88. The monoisotopic (exact) mass is 118 g/mol. The Balaban J connectivity index is 0.000000222. The van der Waals surface area contributed by atoms with E-state index in [4.69, 9.17) is 0 Å². The van der Waals surface area contributed by atoms with E-state index in [1.54, 1.807) is 0 Å². The summed E-state index contributed by atoms with van der Waals surface area (Å²) in [6.07, 6.45) is 1.15. The van der Waals surface area contributed by atoms with Crippen molar-refractivity contribution in [3.05, 3.63) is 0 Å². The van der Waals surface area contributed by atoms with E-state index in [9.17, 15) is 4.39 Å². The summed E-state index contributed by atoms with van der Waals surface area (Å²) in [6, 6.07) is 0. The Bertz CT molecular complexity index is 40.3. The first-order valence-electron chi connectivity index (χ1n) is 3.43. The van der Waals surface area contributed by atoms with E-state index >= 15 is 0 Å². The molecule has 0 nitrogen and oxygen atoms in total. The molecule has 1 fully saturated rings. The molecule has 0 aromatic carbocycles. The van der Waals surface area contributed by atoms with Crippen LogP contribution in [0.5, 0.6) is 0 Å². The molecule has 8 heavy (non-hydrogen) atoms. The molecule has 0 aromatic heterocycles. The zero-order valence-corrected chi connectivity index (χ0v) is 5.95. The van der Waals surface area contributed by atoms with Crippen LogP contribution in [0.1, 0.15) is 33.6 Å². The first-order valence-corrected chi connectivity index (χ1v) is 3.43. The van der Waals surface area contributed by atoms with Crippen molar-refractivity contribution in [3.63, 3.8) is 0 Å². The molecule has 0 aromatic rings. The van der Waals surface area contributed by atoms with E-state index in [0.29, 0.717) is 5.92 Å². The van der Waals surface area contributed by atoms with Gasteiger partial charge in [-0.05, 0) is 18.8 Å². The molecule has 1 heteroatoms. The van der Waals surface area contributed by atoms with E-state index in [1.165, 1.54) is 0 Å². The van der Waals surface area contributed by atoms with E-state index < -0.39 is 6.17 Å². The number of hydrogen-bond acceptors (Lipinski definition) is 0. The first kappa shape index (κ1) is 7.93. The van der Waals surface area contributed by atoms with Gasteiger partial charge in [-0.15, -0.1) is 0 Å². The van der Waals surface area contributed by atoms with Crippen LogP contribution in [0.3, 0.4) is 0 Å². The highest BCUT2D eigenvalue weighted by Gasteiger charge is 2.23. The number of rotatable bonds is 0. The predicted molar refractivity (Wildman–Crippen MR) is 34.6 cm³/mol. The molecule has 0 amide bonds. The van der Waals surface area contributed by atoms with Crippen LogP contribution in [-0.4, -0.2) is 6.17 Å². The largest absolute Gasteiger partial charge is 0.247 e. The van der Waals surface area contributed by atoms with Gasteiger partial charge in [-0.25, -0.2) is 4.39 Å². The standard InChI is InChI=1S/C5H9F.C2H6/c1-4-2-5(6)3-4;1-2/h4-5H,2-3H2,1H3;1-2H3. The summed E-state index contributed by atoms with van der Waals surface area (Å²) in [4.78, 5) is 0. The van der Waals surface area contributed by atoms with Gasteiger partial charge in [0.15, 0.2) is 0 Å². The minimum absolute atomic E-state index is 0.458. The highest BCUT2D eigenvalue weighted by molar-refractivity contribution is 4.74. The molecule has 0 spiro atoms. The van der Waals surface area contributed by atoms with Crippen LogP contribution in [0, 0.1) is 5.92 Å². The molecule has 0 atom stereocenters. The Morgan fingerprint density at radius 1 is 1.25 bits per heavy atom. The van der Waals surface area contributed by atoms with Crippen LogP contribution in [-0.2, 0) is 0 Å². The summed E-state index contributed by atoms with van der Waals surface area (Å²) in [7, 11) is 0. The van der Waals surface area contributed by atoms with Gasteiger partial charge in [0.05, 0.1) is 0 Å². The lowest BCUT2D eigenvalue weighted by molar-refractivity contribution is 0.144. The van der Waals surface area contributed by atoms with Crippen molar-refractivity contribution < 1.29 is 4.39 Å². The normalized spacial score (nSPS) is 34.5. The maximum atomic E-state index is 11.8. The average molecular weight is 118 g/mol. The van der Waals surface area contributed by atoms with Gasteiger partial charge in [0.1, 0.15) is 6.17 Å². The van der Waals surface area contributed by atoms with E-state index in [1.807, 2.05) is 13.8 Å². The van der Waals surface area contributed by atoms with Crippen LogP contribution in [0.2, 0.25) is 0 Å². The number of hydrogen-bond donors (Lipinski definition) is 0. The Morgan fingerprint density at radius 2 is 1.62 bits per heavy atom. The van der Waals surface area contributed by atoms with Crippen molar-refractivity contribution in [2.45, 2.75) is 39.8 Å². The molecule has 1 saturated carbocycles. The summed E-state index contributed by atoms with van der Waals surface area (Å²) in [6.45, 7) is 6.08. The number of halogens is 1. The van der Waals surface area contributed by atoms with Gasteiger partial charge in [-0.1, -0.05) is 20.8 Å². The van der Waals surface area contributed by atoms with Crippen LogP contribution in [0.15, 0.2) is 0 Å². The summed E-state index contributed by atoms with van der Waals surface area (Å²) in [5.41, 5.74) is 0. The average Bonchev–Trinajstić information content (AvgIpc) is 1.70. The van der Waals surface area contributed by atoms with E-state index in [2.05, 4.69) is 6.92 Å². The lowest BCUT2D eigenvalue weighted by Gasteiger charge is -2.24. The van der Waals surface area contributed by atoms with Crippen molar-refractivity contribution in [2.24, 2.45) is 5.92 Å². The molecule has 0 radical (unpaired) electrons. The molecule has 0 saturated heterocycles. The van der Waals surface area contributed by atoms with Gasteiger partial charge in [-0.2, -0.15) is 0 Å². The quantitative estimate of drug-likeness (QED) is 0.459. The fraction of sp³-hybridized carbons (Fsp3) is 1.00. The van der Waals surface area contributed by atoms with Crippen LogP contribution in [0.4, 0.5) is 4.39 Å². The third kappa shape index (κ3) is 2.29. The lowest BCUT2D eigenvalue weighted by Crippen LogP contribution is -2.21. The topological polar surface area (TPSA) is 0 Å². The van der Waals surface area contributed by atoms with Gasteiger partial charge < -0.3 is 0 Å². The molecule has 0 N–H and O–H groups in total.